The standard InChI is InChI=1S/C25H30O4/c1-17-7-9-19(10-8-17)25(27)29-23-14-12-20-15-22(13-11-21(20)16-23)28-24(26)18-5-3-2-4-6-18/h11-19H,2-10H2,1H3. The molecule has 0 heterocycles. The highest BCUT2D eigenvalue weighted by atomic mass is 16.5. The summed E-state index contributed by atoms with van der Waals surface area (Å²) in [7, 11) is 0. The smallest absolute Gasteiger partial charge is 0.314 e. The maximum Gasteiger partial charge on any atom is 0.314 e. The van der Waals surface area contributed by atoms with Crippen molar-refractivity contribution in [3.63, 3.8) is 0 Å². The molecule has 0 radical (unpaired) electrons. The van der Waals surface area contributed by atoms with Crippen LogP contribution in [0.2, 0.25) is 0 Å². The second-order valence-electron chi connectivity index (χ2n) is 8.80. The van der Waals surface area contributed by atoms with Gasteiger partial charge in [0, 0.05) is 0 Å². The molecule has 0 saturated heterocycles. The lowest BCUT2D eigenvalue weighted by Gasteiger charge is -2.24. The monoisotopic (exact) mass is 394 g/mol. The van der Waals surface area contributed by atoms with E-state index >= 15 is 0 Å². The van der Waals surface area contributed by atoms with Crippen molar-refractivity contribution in [2.75, 3.05) is 0 Å². The van der Waals surface area contributed by atoms with Crippen LogP contribution in [-0.4, -0.2) is 11.9 Å². The lowest BCUT2D eigenvalue weighted by Crippen LogP contribution is -2.24. The zero-order valence-electron chi connectivity index (χ0n) is 17.2. The van der Waals surface area contributed by atoms with Gasteiger partial charge in [-0.05, 0) is 79.5 Å². The molecular weight excluding hydrogens is 364 g/mol. The lowest BCUT2D eigenvalue weighted by atomic mass is 9.83. The Morgan fingerprint density at radius 1 is 0.690 bits per heavy atom. The zero-order valence-corrected chi connectivity index (χ0v) is 17.2. The molecule has 0 spiro atoms. The van der Waals surface area contributed by atoms with Crippen molar-refractivity contribution in [1.82, 2.24) is 0 Å². The van der Waals surface area contributed by atoms with Crippen molar-refractivity contribution in [1.29, 1.82) is 0 Å². The third-order valence-corrected chi connectivity index (χ3v) is 6.51. The van der Waals surface area contributed by atoms with E-state index in [-0.39, 0.29) is 23.8 Å². The van der Waals surface area contributed by atoms with Crippen LogP contribution in [0.5, 0.6) is 11.5 Å². The number of fused-ring (bicyclic) bond motifs is 1. The van der Waals surface area contributed by atoms with Gasteiger partial charge in [-0.2, -0.15) is 0 Å². The van der Waals surface area contributed by atoms with Crippen molar-refractivity contribution in [2.24, 2.45) is 17.8 Å². The average Bonchev–Trinajstić information content (AvgIpc) is 2.75. The summed E-state index contributed by atoms with van der Waals surface area (Å²) >= 11 is 0. The Morgan fingerprint density at radius 2 is 1.17 bits per heavy atom. The van der Waals surface area contributed by atoms with Crippen LogP contribution in [0.3, 0.4) is 0 Å². The fourth-order valence-corrected chi connectivity index (χ4v) is 4.56. The third kappa shape index (κ3) is 4.98. The quantitative estimate of drug-likeness (QED) is 0.467. The Balaban J connectivity index is 1.40. The largest absolute Gasteiger partial charge is 0.426 e. The first-order valence-electron chi connectivity index (χ1n) is 11.1. The minimum Gasteiger partial charge on any atom is -0.426 e. The predicted octanol–water partition coefficient (Wildman–Crippen LogP) is 6.06. The second-order valence-corrected chi connectivity index (χ2v) is 8.80. The van der Waals surface area contributed by atoms with Gasteiger partial charge in [-0.15, -0.1) is 0 Å². The Hall–Kier alpha value is -2.36. The van der Waals surface area contributed by atoms with Gasteiger partial charge in [-0.25, -0.2) is 0 Å². The van der Waals surface area contributed by atoms with Gasteiger partial charge in [0.1, 0.15) is 11.5 Å². The number of rotatable bonds is 4. The minimum absolute atomic E-state index is 0.0171. The number of benzene rings is 2. The average molecular weight is 395 g/mol. The molecule has 4 rings (SSSR count). The minimum atomic E-state index is -0.116. The molecule has 0 aromatic heterocycles. The van der Waals surface area contributed by atoms with E-state index in [1.54, 1.807) is 0 Å². The van der Waals surface area contributed by atoms with Gasteiger partial charge in [-0.3, -0.25) is 9.59 Å². The summed E-state index contributed by atoms with van der Waals surface area (Å²) in [6.07, 6.45) is 9.33. The first-order chi connectivity index (χ1) is 14.1. The first kappa shape index (κ1) is 19.9. The summed E-state index contributed by atoms with van der Waals surface area (Å²) < 4.78 is 11.3. The molecule has 4 heteroatoms. The van der Waals surface area contributed by atoms with E-state index in [1.807, 2.05) is 36.4 Å². The molecule has 154 valence electrons. The van der Waals surface area contributed by atoms with Crippen LogP contribution >= 0.6 is 0 Å². The number of esters is 2. The summed E-state index contributed by atoms with van der Waals surface area (Å²) in [5.74, 6) is 1.68. The molecule has 2 aromatic rings. The van der Waals surface area contributed by atoms with Gasteiger partial charge in [0.05, 0.1) is 11.8 Å². The molecule has 0 N–H and O–H groups in total. The van der Waals surface area contributed by atoms with Gasteiger partial charge in [0.15, 0.2) is 0 Å². The van der Waals surface area contributed by atoms with Gasteiger partial charge in [-0.1, -0.05) is 38.3 Å². The molecule has 2 fully saturated rings. The SMILES string of the molecule is CC1CCC(C(=O)Oc2ccc3cc(OC(=O)C4CCCCC4)ccc3c2)CC1. The van der Waals surface area contributed by atoms with Gasteiger partial charge >= 0.3 is 11.9 Å². The summed E-state index contributed by atoms with van der Waals surface area (Å²) in [6, 6.07) is 11.2. The number of ether oxygens (including phenoxy) is 2. The predicted molar refractivity (Wildman–Crippen MR) is 113 cm³/mol. The van der Waals surface area contributed by atoms with Crippen molar-refractivity contribution < 1.29 is 19.1 Å². The van der Waals surface area contributed by atoms with E-state index in [0.717, 1.165) is 62.1 Å². The Labute approximate surface area is 172 Å². The molecule has 2 aromatic carbocycles. The van der Waals surface area contributed by atoms with Gasteiger partial charge < -0.3 is 9.47 Å². The maximum absolute atomic E-state index is 12.5. The number of hydrogen-bond acceptors (Lipinski definition) is 4. The summed E-state index contributed by atoms with van der Waals surface area (Å²) in [5, 5.41) is 1.93. The topological polar surface area (TPSA) is 52.6 Å². The lowest BCUT2D eigenvalue weighted by molar-refractivity contribution is -0.141. The van der Waals surface area contributed by atoms with E-state index in [9.17, 15) is 9.59 Å². The molecule has 0 aliphatic heterocycles. The Bertz CT molecular complexity index is 874. The summed E-state index contributed by atoms with van der Waals surface area (Å²) in [5.41, 5.74) is 0. The highest BCUT2D eigenvalue weighted by Crippen LogP contribution is 2.31. The summed E-state index contributed by atoms with van der Waals surface area (Å²) in [6.45, 7) is 2.24. The molecule has 0 unspecified atom stereocenters. The third-order valence-electron chi connectivity index (χ3n) is 6.51. The van der Waals surface area contributed by atoms with E-state index in [4.69, 9.17) is 9.47 Å². The van der Waals surface area contributed by atoms with Crippen LogP contribution in [0.15, 0.2) is 36.4 Å². The van der Waals surface area contributed by atoms with Crippen LogP contribution in [0.25, 0.3) is 10.8 Å². The molecule has 0 bridgehead atoms. The highest BCUT2D eigenvalue weighted by Gasteiger charge is 2.26. The van der Waals surface area contributed by atoms with Crippen LogP contribution in [0, 0.1) is 17.8 Å². The fourth-order valence-electron chi connectivity index (χ4n) is 4.56. The number of carbonyl (C=O) groups is 2. The maximum atomic E-state index is 12.5. The van der Waals surface area contributed by atoms with E-state index < -0.39 is 0 Å². The molecule has 0 amide bonds. The molecule has 2 aliphatic carbocycles. The van der Waals surface area contributed by atoms with Crippen molar-refractivity contribution in [3.05, 3.63) is 36.4 Å². The first-order valence-corrected chi connectivity index (χ1v) is 11.1. The highest BCUT2D eigenvalue weighted by molar-refractivity contribution is 5.87. The number of carbonyl (C=O) groups excluding carboxylic acids is 2. The van der Waals surface area contributed by atoms with Gasteiger partial charge in [0.25, 0.3) is 0 Å². The van der Waals surface area contributed by atoms with Crippen LogP contribution in [0.4, 0.5) is 0 Å². The second kappa shape index (κ2) is 8.98. The summed E-state index contributed by atoms with van der Waals surface area (Å²) in [4.78, 5) is 24.8. The van der Waals surface area contributed by atoms with Crippen molar-refractivity contribution in [3.8, 4) is 11.5 Å². The molecule has 29 heavy (non-hydrogen) atoms. The van der Waals surface area contributed by atoms with E-state index in [0.29, 0.717) is 17.4 Å². The normalized spacial score (nSPS) is 22.9. The molecule has 4 nitrogen and oxygen atoms in total. The van der Waals surface area contributed by atoms with Gasteiger partial charge in [0.2, 0.25) is 0 Å². The van der Waals surface area contributed by atoms with Crippen molar-refractivity contribution in [2.45, 2.75) is 64.7 Å². The van der Waals surface area contributed by atoms with E-state index in [1.165, 1.54) is 6.42 Å². The van der Waals surface area contributed by atoms with E-state index in [2.05, 4.69) is 6.92 Å². The Morgan fingerprint density at radius 3 is 1.69 bits per heavy atom. The molecule has 0 atom stereocenters. The van der Waals surface area contributed by atoms with Crippen LogP contribution < -0.4 is 9.47 Å². The van der Waals surface area contributed by atoms with Crippen molar-refractivity contribution >= 4 is 22.7 Å². The molecular formula is C25H30O4. The zero-order chi connectivity index (χ0) is 20.2. The molecule has 2 aliphatic rings. The van der Waals surface area contributed by atoms with Crippen LogP contribution in [0.1, 0.15) is 64.7 Å². The fraction of sp³-hybridized carbons (Fsp3) is 0.520. The number of hydrogen-bond donors (Lipinski definition) is 0. The molecule has 2 saturated carbocycles. The van der Waals surface area contributed by atoms with Crippen LogP contribution in [-0.2, 0) is 9.59 Å². The Kier molecular flexibility index (Phi) is 6.17.